The Balaban J connectivity index is 1.59. The average molecular weight is 246 g/mol. The number of nitrogens with one attached hydrogen (secondary N) is 2. The number of hydrogen-bond acceptors (Lipinski definition) is 3. The van der Waals surface area contributed by atoms with Gasteiger partial charge in [0.25, 0.3) is 0 Å². The maximum Gasteiger partial charge on any atom is 0.0586 e. The number of anilines is 1. The summed E-state index contributed by atoms with van der Waals surface area (Å²) in [5.41, 5.74) is 4.24. The lowest BCUT2D eigenvalue weighted by atomic mass is 10.1. The molecule has 3 nitrogen and oxygen atoms in total. The summed E-state index contributed by atoms with van der Waals surface area (Å²) in [5.74, 6) is 0. The molecular formula is C15H22N2O. The van der Waals surface area contributed by atoms with E-state index in [4.69, 9.17) is 4.74 Å². The van der Waals surface area contributed by atoms with Gasteiger partial charge in [0.1, 0.15) is 0 Å². The van der Waals surface area contributed by atoms with Gasteiger partial charge in [0.05, 0.1) is 6.10 Å². The number of para-hydroxylation sites is 1. The molecule has 18 heavy (non-hydrogen) atoms. The van der Waals surface area contributed by atoms with Gasteiger partial charge in [-0.1, -0.05) is 18.2 Å². The van der Waals surface area contributed by atoms with Crippen LogP contribution in [0.3, 0.4) is 0 Å². The van der Waals surface area contributed by atoms with Crippen LogP contribution < -0.4 is 10.6 Å². The predicted octanol–water partition coefficient (Wildman–Crippen LogP) is 2.31. The summed E-state index contributed by atoms with van der Waals surface area (Å²) in [6.45, 7) is 2.05. The van der Waals surface area contributed by atoms with Gasteiger partial charge in [0, 0.05) is 31.9 Å². The molecule has 1 heterocycles. The first-order valence-corrected chi connectivity index (χ1v) is 6.97. The van der Waals surface area contributed by atoms with Crippen molar-refractivity contribution < 1.29 is 4.74 Å². The number of fused-ring (bicyclic) bond motifs is 1. The van der Waals surface area contributed by atoms with Gasteiger partial charge in [-0.05, 0) is 36.8 Å². The fourth-order valence-electron chi connectivity index (χ4n) is 3.15. The predicted molar refractivity (Wildman–Crippen MR) is 73.9 cm³/mol. The lowest BCUT2D eigenvalue weighted by Crippen LogP contribution is -2.27. The van der Waals surface area contributed by atoms with Gasteiger partial charge in [-0.2, -0.15) is 0 Å². The van der Waals surface area contributed by atoms with Crippen molar-refractivity contribution in [2.24, 2.45) is 0 Å². The van der Waals surface area contributed by atoms with E-state index in [2.05, 4.69) is 28.8 Å². The number of benzene rings is 1. The molecule has 1 aliphatic carbocycles. The Labute approximate surface area is 109 Å². The van der Waals surface area contributed by atoms with E-state index in [-0.39, 0.29) is 0 Å². The molecule has 3 heteroatoms. The van der Waals surface area contributed by atoms with Gasteiger partial charge in [-0.3, -0.25) is 0 Å². The third kappa shape index (κ3) is 2.38. The number of ether oxygens (including phenoxy) is 1. The molecule has 0 aromatic heterocycles. The first-order valence-electron chi connectivity index (χ1n) is 6.97. The van der Waals surface area contributed by atoms with E-state index < -0.39 is 0 Å². The molecule has 2 unspecified atom stereocenters. The molecule has 0 bridgehead atoms. The molecule has 2 atom stereocenters. The van der Waals surface area contributed by atoms with Crippen LogP contribution in [0.15, 0.2) is 18.2 Å². The second-order valence-electron chi connectivity index (χ2n) is 5.38. The highest BCUT2D eigenvalue weighted by molar-refractivity contribution is 5.61. The fourth-order valence-corrected chi connectivity index (χ4v) is 3.15. The Hall–Kier alpha value is -1.06. The minimum atomic E-state index is 0.460. The van der Waals surface area contributed by atoms with Crippen LogP contribution in [0.25, 0.3) is 0 Å². The summed E-state index contributed by atoms with van der Waals surface area (Å²) in [6.07, 6.45) is 5.21. The summed E-state index contributed by atoms with van der Waals surface area (Å²) >= 11 is 0. The smallest absolute Gasteiger partial charge is 0.0586 e. The van der Waals surface area contributed by atoms with E-state index in [9.17, 15) is 0 Å². The molecule has 98 valence electrons. The van der Waals surface area contributed by atoms with E-state index in [1.54, 1.807) is 0 Å². The Morgan fingerprint density at radius 3 is 3.17 bits per heavy atom. The highest BCUT2D eigenvalue weighted by Crippen LogP contribution is 2.27. The molecule has 1 saturated carbocycles. The van der Waals surface area contributed by atoms with Crippen molar-refractivity contribution in [2.45, 2.75) is 44.4 Å². The topological polar surface area (TPSA) is 33.3 Å². The first kappa shape index (κ1) is 12.0. The maximum absolute atomic E-state index is 5.42. The zero-order valence-corrected chi connectivity index (χ0v) is 11.0. The third-order valence-corrected chi connectivity index (χ3v) is 4.23. The lowest BCUT2D eigenvalue weighted by Gasteiger charge is -2.15. The Morgan fingerprint density at radius 2 is 2.33 bits per heavy atom. The van der Waals surface area contributed by atoms with Crippen LogP contribution in [-0.4, -0.2) is 25.8 Å². The van der Waals surface area contributed by atoms with Crippen LogP contribution in [-0.2, 0) is 17.7 Å². The molecule has 0 amide bonds. The van der Waals surface area contributed by atoms with Gasteiger partial charge in [-0.25, -0.2) is 0 Å². The second kappa shape index (κ2) is 5.29. The van der Waals surface area contributed by atoms with Gasteiger partial charge >= 0.3 is 0 Å². The molecule has 0 saturated heterocycles. The zero-order valence-electron chi connectivity index (χ0n) is 11.0. The first-order chi connectivity index (χ1) is 8.86. The van der Waals surface area contributed by atoms with Gasteiger partial charge in [-0.15, -0.1) is 0 Å². The van der Waals surface area contributed by atoms with E-state index in [1.165, 1.54) is 36.1 Å². The van der Waals surface area contributed by atoms with Crippen LogP contribution in [0, 0.1) is 0 Å². The second-order valence-corrected chi connectivity index (χ2v) is 5.38. The van der Waals surface area contributed by atoms with E-state index in [0.717, 1.165) is 19.5 Å². The van der Waals surface area contributed by atoms with Crippen molar-refractivity contribution in [3.63, 3.8) is 0 Å². The summed E-state index contributed by atoms with van der Waals surface area (Å²) < 4.78 is 5.42. The summed E-state index contributed by atoms with van der Waals surface area (Å²) in [7, 11) is 1.82. The highest BCUT2D eigenvalue weighted by atomic mass is 16.5. The summed E-state index contributed by atoms with van der Waals surface area (Å²) in [4.78, 5) is 0. The van der Waals surface area contributed by atoms with Crippen molar-refractivity contribution in [3.8, 4) is 0 Å². The van der Waals surface area contributed by atoms with E-state index in [0.29, 0.717) is 12.1 Å². The number of rotatable bonds is 4. The maximum atomic E-state index is 5.42. The Kier molecular flexibility index (Phi) is 3.52. The normalized spacial score (nSPS) is 26.1. The average Bonchev–Trinajstić information content (AvgIpc) is 3.05. The van der Waals surface area contributed by atoms with Crippen LogP contribution in [0.2, 0.25) is 0 Å². The molecule has 2 aliphatic rings. The van der Waals surface area contributed by atoms with Crippen LogP contribution in [0.5, 0.6) is 0 Å². The Bertz CT molecular complexity index is 419. The molecule has 1 aliphatic heterocycles. The zero-order chi connectivity index (χ0) is 12.4. The van der Waals surface area contributed by atoms with Crippen LogP contribution in [0.1, 0.15) is 30.4 Å². The van der Waals surface area contributed by atoms with E-state index in [1.807, 2.05) is 7.11 Å². The van der Waals surface area contributed by atoms with Crippen molar-refractivity contribution >= 4 is 5.69 Å². The molecule has 3 rings (SSSR count). The molecule has 0 radical (unpaired) electrons. The molecule has 2 N–H and O–H groups in total. The third-order valence-electron chi connectivity index (χ3n) is 4.23. The molecular weight excluding hydrogens is 224 g/mol. The highest BCUT2D eigenvalue weighted by Gasteiger charge is 2.24. The SMILES string of the molecule is COC1CCC(NCc2cccc3c2NCC3)C1. The summed E-state index contributed by atoms with van der Waals surface area (Å²) in [5, 5.41) is 7.17. The molecule has 1 aromatic rings. The standard InChI is InChI=1S/C15H22N2O/c1-18-14-6-5-13(9-14)17-10-12-4-2-3-11-7-8-16-15(11)12/h2-4,13-14,16-17H,5-10H2,1H3. The van der Waals surface area contributed by atoms with Crippen LogP contribution in [0.4, 0.5) is 5.69 Å². The molecule has 1 fully saturated rings. The minimum Gasteiger partial charge on any atom is -0.384 e. The largest absolute Gasteiger partial charge is 0.384 e. The Morgan fingerprint density at radius 1 is 1.39 bits per heavy atom. The van der Waals surface area contributed by atoms with Gasteiger partial charge in [0.15, 0.2) is 0 Å². The number of hydrogen-bond donors (Lipinski definition) is 2. The molecule has 1 aromatic carbocycles. The van der Waals surface area contributed by atoms with Crippen molar-refractivity contribution in [1.29, 1.82) is 0 Å². The van der Waals surface area contributed by atoms with Crippen molar-refractivity contribution in [2.75, 3.05) is 19.0 Å². The van der Waals surface area contributed by atoms with Gasteiger partial charge in [0.2, 0.25) is 0 Å². The van der Waals surface area contributed by atoms with Crippen molar-refractivity contribution in [3.05, 3.63) is 29.3 Å². The van der Waals surface area contributed by atoms with Crippen molar-refractivity contribution in [1.82, 2.24) is 5.32 Å². The van der Waals surface area contributed by atoms with Crippen LogP contribution >= 0.6 is 0 Å². The number of methoxy groups -OCH3 is 1. The minimum absolute atomic E-state index is 0.460. The quantitative estimate of drug-likeness (QED) is 0.855. The van der Waals surface area contributed by atoms with E-state index >= 15 is 0 Å². The monoisotopic (exact) mass is 246 g/mol. The molecule has 0 spiro atoms. The fraction of sp³-hybridized carbons (Fsp3) is 0.600. The lowest BCUT2D eigenvalue weighted by molar-refractivity contribution is 0.107. The van der Waals surface area contributed by atoms with Gasteiger partial charge < -0.3 is 15.4 Å². The summed E-state index contributed by atoms with van der Waals surface area (Å²) in [6, 6.07) is 7.25.